The predicted octanol–water partition coefficient (Wildman–Crippen LogP) is 3.22. The number of nitrogens with zero attached hydrogens (tertiary/aromatic N) is 3. The van der Waals surface area contributed by atoms with E-state index in [-0.39, 0.29) is 29.3 Å². The summed E-state index contributed by atoms with van der Waals surface area (Å²) < 4.78 is 12.7. The number of likely N-dealkylation sites (tertiary alicyclic amines) is 1. The van der Waals surface area contributed by atoms with Crippen LogP contribution in [-0.2, 0) is 23.1 Å². The molecule has 0 radical (unpaired) electrons. The van der Waals surface area contributed by atoms with Crippen LogP contribution in [0.4, 0.5) is 0 Å². The highest BCUT2D eigenvalue weighted by molar-refractivity contribution is 5.95. The molecule has 1 unspecified atom stereocenters. The van der Waals surface area contributed by atoms with Crippen molar-refractivity contribution in [3.63, 3.8) is 0 Å². The fourth-order valence-electron chi connectivity index (χ4n) is 8.85. The van der Waals surface area contributed by atoms with Gasteiger partial charge in [0.15, 0.2) is 11.5 Å². The number of piperidine rings is 1. The molecule has 8 rings (SSSR count). The van der Waals surface area contributed by atoms with Crippen LogP contribution < -0.4 is 9.47 Å². The average Bonchev–Trinajstić information content (AvgIpc) is 3.44. The molecule has 2 aromatic rings. The maximum Gasteiger partial charge on any atom is 0.270 e. The molecule has 1 aromatic carbocycles. The summed E-state index contributed by atoms with van der Waals surface area (Å²) in [7, 11) is 3.99. The van der Waals surface area contributed by atoms with Crippen molar-refractivity contribution in [1.29, 1.82) is 0 Å². The van der Waals surface area contributed by atoms with Gasteiger partial charge in [0, 0.05) is 49.1 Å². The van der Waals surface area contributed by atoms with E-state index in [9.17, 15) is 9.59 Å². The van der Waals surface area contributed by atoms with E-state index in [0.29, 0.717) is 43.8 Å². The third kappa shape index (κ3) is 3.04. The lowest BCUT2D eigenvalue weighted by Crippen LogP contribution is -2.62. The zero-order valence-electron chi connectivity index (χ0n) is 23.2. The Balaban J connectivity index is 1.14. The number of hydrogen-bond donors (Lipinski definition) is 1. The van der Waals surface area contributed by atoms with Crippen LogP contribution in [-0.4, -0.2) is 84.4 Å². The second kappa shape index (κ2) is 8.26. The van der Waals surface area contributed by atoms with Gasteiger partial charge in [0.25, 0.3) is 5.91 Å². The summed E-state index contributed by atoms with van der Waals surface area (Å²) in [5.41, 5.74) is 6.77. The maximum atomic E-state index is 13.9. The first-order valence-electron chi connectivity index (χ1n) is 14.8. The van der Waals surface area contributed by atoms with E-state index in [2.05, 4.69) is 36.0 Å². The van der Waals surface area contributed by atoms with Crippen LogP contribution in [0.5, 0.6) is 11.5 Å². The molecule has 1 spiro atoms. The quantitative estimate of drug-likeness (QED) is 0.660. The molecular weight excluding hydrogens is 492 g/mol. The number of amides is 2. The SMILES string of the molecule is COc1ccc2c3c1O[C@H]1c4[nH]c(C(=O)N5CCN(C(=O)C6CCC6)CC5)c(C)c4CC4[C@H](C2)N(C)CC[C@@]341. The molecule has 8 nitrogen and oxygen atoms in total. The first-order valence-corrected chi connectivity index (χ1v) is 14.8. The van der Waals surface area contributed by atoms with Crippen LogP contribution >= 0.6 is 0 Å². The van der Waals surface area contributed by atoms with E-state index in [1.807, 2.05) is 9.80 Å². The number of ether oxygens (including phenoxy) is 2. The molecule has 1 N–H and O–H groups in total. The van der Waals surface area contributed by atoms with Gasteiger partial charge in [0.2, 0.25) is 5.91 Å². The van der Waals surface area contributed by atoms with Crippen LogP contribution in [0.2, 0.25) is 0 Å². The number of benzene rings is 1. The van der Waals surface area contributed by atoms with E-state index in [4.69, 9.17) is 9.47 Å². The van der Waals surface area contributed by atoms with Gasteiger partial charge in [-0.2, -0.15) is 0 Å². The van der Waals surface area contributed by atoms with Crippen molar-refractivity contribution in [3.05, 3.63) is 45.8 Å². The van der Waals surface area contributed by atoms with E-state index in [1.54, 1.807) is 7.11 Å². The van der Waals surface area contributed by atoms with Crippen molar-refractivity contribution in [3.8, 4) is 11.5 Å². The highest BCUT2D eigenvalue weighted by atomic mass is 16.5. The Morgan fingerprint density at radius 3 is 2.56 bits per heavy atom. The van der Waals surface area contributed by atoms with Crippen molar-refractivity contribution in [2.75, 3.05) is 46.9 Å². The van der Waals surface area contributed by atoms with Gasteiger partial charge in [0.1, 0.15) is 11.8 Å². The van der Waals surface area contributed by atoms with Crippen LogP contribution in [0.3, 0.4) is 0 Å². The topological polar surface area (TPSA) is 78.1 Å². The van der Waals surface area contributed by atoms with Crippen LogP contribution in [0.1, 0.15) is 70.2 Å². The number of H-pyrrole nitrogens is 1. The maximum absolute atomic E-state index is 13.9. The molecule has 3 fully saturated rings. The summed E-state index contributed by atoms with van der Waals surface area (Å²) in [6.45, 7) is 5.58. The monoisotopic (exact) mass is 530 g/mol. The second-order valence-corrected chi connectivity index (χ2v) is 12.7. The lowest BCUT2D eigenvalue weighted by molar-refractivity contribution is -0.139. The molecule has 8 heteroatoms. The number of aromatic amines is 1. The van der Waals surface area contributed by atoms with Crippen LogP contribution in [0.15, 0.2) is 12.1 Å². The molecule has 2 bridgehead atoms. The van der Waals surface area contributed by atoms with Gasteiger partial charge >= 0.3 is 0 Å². The summed E-state index contributed by atoms with van der Waals surface area (Å²) in [4.78, 5) is 36.7. The standard InChI is InChI=1S/C31H38N4O4/c1-17-20-16-21-22-15-19-7-8-23(38-3)27-24(19)31(21,9-10-33(22)2)28(39-27)26(20)32-25(17)30(37)35-13-11-34(12-14-35)29(36)18-5-4-6-18/h7-8,18,21-22,28,32H,4-6,9-16H2,1-3H3/t21?,22-,28-,31-/m0/s1. The zero-order chi connectivity index (χ0) is 26.6. The Kier molecular flexibility index (Phi) is 5.05. The number of carbonyl (C=O) groups is 2. The first-order chi connectivity index (χ1) is 18.9. The summed E-state index contributed by atoms with van der Waals surface area (Å²) in [6, 6.07) is 4.76. The normalized spacial score (nSPS) is 30.8. The fraction of sp³-hybridized carbons (Fsp3) is 0.613. The number of carbonyl (C=O) groups excluding carboxylic acids is 2. The average molecular weight is 531 g/mol. The van der Waals surface area contributed by atoms with Crippen LogP contribution in [0.25, 0.3) is 0 Å². The molecule has 206 valence electrons. The Morgan fingerprint density at radius 1 is 1.08 bits per heavy atom. The highest BCUT2D eigenvalue weighted by Gasteiger charge is 2.65. The molecule has 2 amide bonds. The Bertz CT molecular complexity index is 1390. The third-order valence-electron chi connectivity index (χ3n) is 11.2. The van der Waals surface area contributed by atoms with Crippen LogP contribution in [0, 0.1) is 18.8 Å². The van der Waals surface area contributed by atoms with Crippen molar-refractivity contribution in [2.24, 2.45) is 11.8 Å². The van der Waals surface area contributed by atoms with E-state index < -0.39 is 0 Å². The molecule has 3 aliphatic carbocycles. The van der Waals surface area contributed by atoms with Gasteiger partial charge < -0.3 is 29.2 Å². The predicted molar refractivity (Wildman–Crippen MR) is 145 cm³/mol. The third-order valence-corrected chi connectivity index (χ3v) is 11.2. The largest absolute Gasteiger partial charge is 0.493 e. The molecule has 4 heterocycles. The lowest BCUT2D eigenvalue weighted by Gasteiger charge is -2.57. The van der Waals surface area contributed by atoms with Crippen molar-refractivity contribution >= 4 is 11.8 Å². The number of likely N-dealkylation sites (N-methyl/N-ethyl adjacent to an activating group) is 1. The number of nitrogens with one attached hydrogen (secondary N) is 1. The second-order valence-electron chi connectivity index (χ2n) is 12.7. The lowest BCUT2D eigenvalue weighted by atomic mass is 9.51. The minimum atomic E-state index is -0.134. The molecule has 6 aliphatic rings. The number of fused-ring (bicyclic) bond motifs is 2. The summed E-state index contributed by atoms with van der Waals surface area (Å²) in [5, 5.41) is 0. The number of aromatic nitrogens is 1. The summed E-state index contributed by atoms with van der Waals surface area (Å²) in [6.07, 6.45) is 6.09. The van der Waals surface area contributed by atoms with Gasteiger partial charge in [-0.25, -0.2) is 0 Å². The number of piperazine rings is 1. The van der Waals surface area contributed by atoms with Crippen molar-refractivity contribution in [2.45, 2.75) is 63.0 Å². The molecule has 4 atom stereocenters. The highest BCUT2D eigenvalue weighted by Crippen LogP contribution is 2.67. The zero-order valence-corrected chi connectivity index (χ0v) is 23.2. The van der Waals surface area contributed by atoms with Gasteiger partial charge in [-0.3, -0.25) is 9.59 Å². The number of methoxy groups -OCH3 is 1. The van der Waals surface area contributed by atoms with Gasteiger partial charge in [-0.05, 0) is 81.3 Å². The van der Waals surface area contributed by atoms with Crippen molar-refractivity contribution in [1.82, 2.24) is 19.7 Å². The molecule has 39 heavy (non-hydrogen) atoms. The molecule has 1 aromatic heterocycles. The Morgan fingerprint density at radius 2 is 1.85 bits per heavy atom. The fourth-order valence-corrected chi connectivity index (χ4v) is 8.85. The number of rotatable bonds is 3. The molecule has 3 aliphatic heterocycles. The molecular formula is C31H38N4O4. The van der Waals surface area contributed by atoms with E-state index in [1.165, 1.54) is 16.7 Å². The smallest absolute Gasteiger partial charge is 0.270 e. The van der Waals surface area contributed by atoms with E-state index in [0.717, 1.165) is 67.8 Å². The summed E-state index contributed by atoms with van der Waals surface area (Å²) in [5.74, 6) is 2.70. The molecule has 2 saturated heterocycles. The van der Waals surface area contributed by atoms with Gasteiger partial charge in [-0.1, -0.05) is 12.5 Å². The Hall–Kier alpha value is -3.00. The minimum Gasteiger partial charge on any atom is -0.493 e. The molecule has 1 saturated carbocycles. The number of hydrogen-bond acceptors (Lipinski definition) is 5. The minimum absolute atomic E-state index is 0.0481. The Labute approximate surface area is 229 Å². The van der Waals surface area contributed by atoms with E-state index >= 15 is 0 Å². The van der Waals surface area contributed by atoms with Gasteiger partial charge in [0.05, 0.1) is 12.8 Å². The summed E-state index contributed by atoms with van der Waals surface area (Å²) >= 11 is 0. The first kappa shape index (κ1) is 23.9. The van der Waals surface area contributed by atoms with Gasteiger partial charge in [-0.15, -0.1) is 0 Å². The van der Waals surface area contributed by atoms with Crippen molar-refractivity contribution < 1.29 is 19.1 Å².